The van der Waals surface area contributed by atoms with Crippen LogP contribution in [0.3, 0.4) is 0 Å². The highest BCUT2D eigenvalue weighted by Gasteiger charge is 2.34. The fourth-order valence-electron chi connectivity index (χ4n) is 7.33. The lowest BCUT2D eigenvalue weighted by Gasteiger charge is -2.29. The number of imide groups is 1. The van der Waals surface area contributed by atoms with Crippen LogP contribution in [0.1, 0.15) is 231 Å². The summed E-state index contributed by atoms with van der Waals surface area (Å²) in [5.74, 6) is -0.948. The number of hydrogen-bond acceptors (Lipinski definition) is 5. The zero-order valence-electron chi connectivity index (χ0n) is 34.9. The highest BCUT2D eigenvalue weighted by atomic mass is 16.5. The minimum Gasteiger partial charge on any atom is -0.459 e. The summed E-state index contributed by atoms with van der Waals surface area (Å²) in [6.45, 7) is 5.17. The lowest BCUT2D eigenvalue weighted by molar-refractivity contribution is -0.162. The van der Waals surface area contributed by atoms with E-state index in [9.17, 15) is 14.4 Å². The Hall–Kier alpha value is -2.21. The first-order chi connectivity index (χ1) is 26.0. The van der Waals surface area contributed by atoms with Crippen molar-refractivity contribution in [1.82, 2.24) is 4.90 Å². The van der Waals surface area contributed by atoms with Crippen LogP contribution in [0.5, 0.6) is 0 Å². The molecule has 2 amide bonds. The molecule has 0 unspecified atom stereocenters. The molecule has 0 fully saturated rings. The van der Waals surface area contributed by atoms with E-state index in [-0.39, 0.29) is 18.4 Å². The quantitative estimate of drug-likeness (QED) is 0.0538. The molecule has 6 heteroatoms. The lowest BCUT2D eigenvalue weighted by atomic mass is 10.0. The van der Waals surface area contributed by atoms with Gasteiger partial charge in [-0.25, -0.2) is 4.79 Å². The van der Waals surface area contributed by atoms with Gasteiger partial charge in [-0.1, -0.05) is 211 Å². The number of unbranched alkanes of at least 4 members (excludes halogenated alkanes) is 27. The van der Waals surface area contributed by atoms with Crippen molar-refractivity contribution in [3.8, 4) is 0 Å². The standard InChI is InChI=1S/C47H84N2O4/c1-3-5-7-9-11-13-15-17-18-20-22-24-26-28-33-40-46(51)49(44(38-34-35-41-48)47(52)53-42-43-36-30-29-31-37-43)45(50)39-32-27-25-23-21-19-16-14-12-10-8-6-4-2/h29-31,36-37,44H,3-28,32-35,38-42,48H2,1-2H3/t44-/m0/s1. The second-order valence-corrected chi connectivity index (χ2v) is 15.7. The van der Waals surface area contributed by atoms with E-state index in [0.717, 1.165) is 50.5 Å². The van der Waals surface area contributed by atoms with E-state index in [1.807, 2.05) is 30.3 Å². The zero-order valence-corrected chi connectivity index (χ0v) is 34.9. The number of carbonyl (C=O) groups excluding carboxylic acids is 3. The molecule has 1 rings (SSSR count). The molecule has 1 aromatic rings. The molecular formula is C47H84N2O4. The number of benzene rings is 1. The van der Waals surface area contributed by atoms with E-state index < -0.39 is 12.0 Å². The fourth-order valence-corrected chi connectivity index (χ4v) is 7.33. The predicted molar refractivity (Wildman–Crippen MR) is 225 cm³/mol. The molecule has 0 aliphatic carbocycles. The predicted octanol–water partition coefficient (Wildman–Crippen LogP) is 13.3. The van der Waals surface area contributed by atoms with Crippen LogP contribution in [0.2, 0.25) is 0 Å². The van der Waals surface area contributed by atoms with Crippen LogP contribution in [0.4, 0.5) is 0 Å². The van der Waals surface area contributed by atoms with Crippen molar-refractivity contribution >= 4 is 17.8 Å². The molecule has 0 heterocycles. The fraction of sp³-hybridized carbons (Fsp3) is 0.809. The maximum atomic E-state index is 13.8. The summed E-state index contributed by atoms with van der Waals surface area (Å²) >= 11 is 0. The summed E-state index contributed by atoms with van der Waals surface area (Å²) in [4.78, 5) is 42.4. The molecular weight excluding hydrogens is 657 g/mol. The van der Waals surface area contributed by atoms with E-state index in [2.05, 4.69) is 13.8 Å². The smallest absolute Gasteiger partial charge is 0.329 e. The summed E-state index contributed by atoms with van der Waals surface area (Å²) in [7, 11) is 0. The van der Waals surface area contributed by atoms with Crippen LogP contribution >= 0.6 is 0 Å². The topological polar surface area (TPSA) is 89.7 Å². The van der Waals surface area contributed by atoms with Gasteiger partial charge in [-0.15, -0.1) is 0 Å². The summed E-state index contributed by atoms with van der Waals surface area (Å²) < 4.78 is 5.74. The first kappa shape index (κ1) is 48.8. The Morgan fingerprint density at radius 2 is 0.868 bits per heavy atom. The van der Waals surface area contributed by atoms with Crippen molar-refractivity contribution in [1.29, 1.82) is 0 Å². The molecule has 53 heavy (non-hydrogen) atoms. The number of nitrogens with two attached hydrogens (primary N) is 1. The van der Waals surface area contributed by atoms with Crippen molar-refractivity contribution in [2.75, 3.05) is 6.54 Å². The number of nitrogens with zero attached hydrogens (tertiary/aromatic N) is 1. The Kier molecular flexibility index (Phi) is 33.8. The molecule has 0 saturated heterocycles. The third-order valence-electron chi connectivity index (χ3n) is 10.8. The van der Waals surface area contributed by atoms with E-state index in [4.69, 9.17) is 10.5 Å². The van der Waals surface area contributed by atoms with Gasteiger partial charge in [0.1, 0.15) is 12.6 Å². The largest absolute Gasteiger partial charge is 0.459 e. The molecule has 0 radical (unpaired) electrons. The van der Waals surface area contributed by atoms with Gasteiger partial charge in [0.05, 0.1) is 0 Å². The molecule has 0 aliphatic rings. The Morgan fingerprint density at radius 1 is 0.509 bits per heavy atom. The van der Waals surface area contributed by atoms with E-state index >= 15 is 0 Å². The molecule has 1 aromatic carbocycles. The first-order valence-corrected chi connectivity index (χ1v) is 22.8. The van der Waals surface area contributed by atoms with Gasteiger partial charge in [-0.2, -0.15) is 0 Å². The van der Waals surface area contributed by atoms with Gasteiger partial charge in [0.15, 0.2) is 0 Å². The average molecular weight is 741 g/mol. The van der Waals surface area contributed by atoms with Crippen LogP contribution in [0.25, 0.3) is 0 Å². The van der Waals surface area contributed by atoms with Crippen molar-refractivity contribution in [2.24, 2.45) is 5.73 Å². The van der Waals surface area contributed by atoms with Crippen LogP contribution in [-0.2, 0) is 25.7 Å². The summed E-state index contributed by atoms with van der Waals surface area (Å²) in [6, 6.07) is 8.67. The summed E-state index contributed by atoms with van der Waals surface area (Å²) in [5, 5.41) is 0. The zero-order chi connectivity index (χ0) is 38.5. The molecule has 0 bridgehead atoms. The normalized spacial score (nSPS) is 11.8. The Morgan fingerprint density at radius 3 is 1.23 bits per heavy atom. The van der Waals surface area contributed by atoms with Gasteiger partial charge in [-0.3, -0.25) is 14.5 Å². The van der Waals surface area contributed by atoms with Crippen LogP contribution in [-0.4, -0.2) is 35.3 Å². The van der Waals surface area contributed by atoms with Gasteiger partial charge in [0.25, 0.3) is 0 Å². The molecule has 0 saturated carbocycles. The summed E-state index contributed by atoms with van der Waals surface area (Å²) in [6.07, 6.45) is 37.3. The van der Waals surface area contributed by atoms with Crippen LogP contribution < -0.4 is 5.73 Å². The van der Waals surface area contributed by atoms with Crippen LogP contribution in [0, 0.1) is 0 Å². The molecule has 2 N–H and O–H groups in total. The number of rotatable bonds is 38. The molecule has 6 nitrogen and oxygen atoms in total. The Labute approximate surface area is 327 Å². The van der Waals surface area contributed by atoms with Gasteiger partial charge >= 0.3 is 5.97 Å². The number of esters is 1. The molecule has 306 valence electrons. The number of amides is 2. The van der Waals surface area contributed by atoms with E-state index in [1.54, 1.807) is 0 Å². The second kappa shape index (κ2) is 36.8. The molecule has 0 aliphatic heterocycles. The van der Waals surface area contributed by atoms with Crippen molar-refractivity contribution in [3.05, 3.63) is 35.9 Å². The lowest BCUT2D eigenvalue weighted by Crippen LogP contribution is -2.49. The molecule has 0 aromatic heterocycles. The van der Waals surface area contributed by atoms with E-state index in [1.165, 1.54) is 146 Å². The van der Waals surface area contributed by atoms with Gasteiger partial charge in [0, 0.05) is 12.8 Å². The number of carbonyl (C=O) groups is 3. The SMILES string of the molecule is CCCCCCCCCCCCCCCCCC(=O)N(C(=O)CCCCCCCCCCCCCCC)[C@@H](CCCCN)C(=O)OCc1ccccc1. The van der Waals surface area contributed by atoms with Gasteiger partial charge in [0.2, 0.25) is 11.8 Å². The molecule has 0 spiro atoms. The maximum absolute atomic E-state index is 13.8. The summed E-state index contributed by atoms with van der Waals surface area (Å²) in [5.41, 5.74) is 6.67. The Bertz CT molecular complexity index is 984. The number of ether oxygens (including phenoxy) is 1. The minimum atomic E-state index is -0.899. The first-order valence-electron chi connectivity index (χ1n) is 22.8. The second-order valence-electron chi connectivity index (χ2n) is 15.7. The average Bonchev–Trinajstić information content (AvgIpc) is 3.17. The van der Waals surface area contributed by atoms with Crippen LogP contribution in [0.15, 0.2) is 30.3 Å². The molecule has 1 atom stereocenters. The van der Waals surface area contributed by atoms with Crippen molar-refractivity contribution < 1.29 is 19.1 Å². The minimum absolute atomic E-state index is 0.126. The third-order valence-corrected chi connectivity index (χ3v) is 10.8. The van der Waals surface area contributed by atoms with Gasteiger partial charge < -0.3 is 10.5 Å². The maximum Gasteiger partial charge on any atom is 0.329 e. The van der Waals surface area contributed by atoms with Gasteiger partial charge in [-0.05, 0) is 44.2 Å². The highest BCUT2D eigenvalue weighted by molar-refractivity contribution is 5.99. The third kappa shape index (κ3) is 27.9. The number of hydrogen-bond donors (Lipinski definition) is 1. The van der Waals surface area contributed by atoms with E-state index in [0.29, 0.717) is 32.2 Å². The Balaban J connectivity index is 2.57. The van der Waals surface area contributed by atoms with Crippen molar-refractivity contribution in [2.45, 2.75) is 238 Å². The van der Waals surface area contributed by atoms with Crippen molar-refractivity contribution in [3.63, 3.8) is 0 Å². The monoisotopic (exact) mass is 741 g/mol. The highest BCUT2D eigenvalue weighted by Crippen LogP contribution is 2.20.